The van der Waals surface area contributed by atoms with E-state index in [1.54, 1.807) is 25.8 Å². The summed E-state index contributed by atoms with van der Waals surface area (Å²) in [6.07, 6.45) is 5.88. The van der Waals surface area contributed by atoms with Crippen molar-refractivity contribution in [3.8, 4) is 5.75 Å². The number of hydrogen-bond acceptors (Lipinski definition) is 7. The summed E-state index contributed by atoms with van der Waals surface area (Å²) in [5, 5.41) is 2.79. The zero-order valence-electron chi connectivity index (χ0n) is 15.0. The van der Waals surface area contributed by atoms with Gasteiger partial charge in [-0.3, -0.25) is 9.78 Å². The third-order valence-corrected chi connectivity index (χ3v) is 4.16. The van der Waals surface area contributed by atoms with Crippen LogP contribution in [0.4, 0.5) is 5.82 Å². The molecule has 8 heteroatoms. The van der Waals surface area contributed by atoms with Crippen molar-refractivity contribution in [1.82, 2.24) is 20.3 Å². The molecular weight excluding hydrogens is 334 g/mol. The molecule has 1 fully saturated rings. The Morgan fingerprint density at radius 1 is 1.42 bits per heavy atom. The van der Waals surface area contributed by atoms with Gasteiger partial charge in [0.2, 0.25) is 5.91 Å². The van der Waals surface area contributed by atoms with Crippen LogP contribution in [0.1, 0.15) is 24.6 Å². The van der Waals surface area contributed by atoms with Gasteiger partial charge in [-0.25, -0.2) is 9.97 Å². The van der Waals surface area contributed by atoms with E-state index in [1.807, 2.05) is 12.1 Å². The summed E-state index contributed by atoms with van der Waals surface area (Å²) in [5.74, 6) is 1.51. The summed E-state index contributed by atoms with van der Waals surface area (Å²) in [4.78, 5) is 26.0. The molecule has 3 heterocycles. The van der Waals surface area contributed by atoms with E-state index >= 15 is 0 Å². The standard InChI is InChI=1S/C18H23N5O3/c1-13(24)20-8-14-3-5-19-9-17(14)26-16-4-6-23(10-16)18-7-15(11-25-2)21-12-22-18/h3,5,7,9,12,16H,4,6,8,10-11H2,1-2H3,(H,20,24)/t16-/m0/s1. The number of nitrogens with zero attached hydrogens (tertiary/aromatic N) is 4. The Balaban J connectivity index is 1.63. The van der Waals surface area contributed by atoms with Crippen LogP contribution in [0.2, 0.25) is 0 Å². The highest BCUT2D eigenvalue weighted by atomic mass is 16.5. The van der Waals surface area contributed by atoms with Crippen LogP contribution in [-0.4, -0.2) is 47.2 Å². The van der Waals surface area contributed by atoms with Crippen molar-refractivity contribution in [2.45, 2.75) is 32.6 Å². The second-order valence-corrected chi connectivity index (χ2v) is 6.17. The number of aromatic nitrogens is 3. The number of amides is 1. The number of rotatable bonds is 7. The minimum Gasteiger partial charge on any atom is -0.487 e. The van der Waals surface area contributed by atoms with E-state index in [0.29, 0.717) is 18.9 Å². The first-order valence-corrected chi connectivity index (χ1v) is 8.54. The lowest BCUT2D eigenvalue weighted by atomic mass is 10.2. The largest absolute Gasteiger partial charge is 0.487 e. The van der Waals surface area contributed by atoms with Crippen LogP contribution < -0.4 is 15.0 Å². The Kier molecular flexibility index (Phi) is 5.96. The van der Waals surface area contributed by atoms with E-state index in [0.717, 1.165) is 36.6 Å². The smallest absolute Gasteiger partial charge is 0.217 e. The zero-order valence-corrected chi connectivity index (χ0v) is 15.0. The van der Waals surface area contributed by atoms with E-state index in [-0.39, 0.29) is 12.0 Å². The molecular formula is C18H23N5O3. The highest BCUT2D eigenvalue weighted by Gasteiger charge is 2.26. The summed E-state index contributed by atoms with van der Waals surface area (Å²) >= 11 is 0. The first-order valence-electron chi connectivity index (χ1n) is 8.54. The Bertz CT molecular complexity index is 755. The molecule has 1 aliphatic rings. The predicted octanol–water partition coefficient (Wildman–Crippen LogP) is 1.31. The average Bonchev–Trinajstić information content (AvgIpc) is 3.10. The fraction of sp³-hybridized carbons (Fsp3) is 0.444. The maximum atomic E-state index is 11.2. The van der Waals surface area contributed by atoms with Gasteiger partial charge in [0.25, 0.3) is 0 Å². The maximum Gasteiger partial charge on any atom is 0.217 e. The van der Waals surface area contributed by atoms with Crippen LogP contribution in [-0.2, 0) is 22.7 Å². The van der Waals surface area contributed by atoms with Gasteiger partial charge in [0.05, 0.1) is 25.0 Å². The fourth-order valence-electron chi connectivity index (χ4n) is 2.88. The SMILES string of the molecule is COCc1cc(N2CC[C@H](Oc3cnccc3CNC(C)=O)C2)ncn1. The van der Waals surface area contributed by atoms with Gasteiger partial charge < -0.3 is 19.7 Å². The van der Waals surface area contributed by atoms with Crippen molar-refractivity contribution in [2.24, 2.45) is 0 Å². The number of carbonyl (C=O) groups excluding carboxylic acids is 1. The molecule has 1 atom stereocenters. The quantitative estimate of drug-likeness (QED) is 0.799. The Hall–Kier alpha value is -2.74. The number of ether oxygens (including phenoxy) is 2. The fourth-order valence-corrected chi connectivity index (χ4v) is 2.88. The van der Waals surface area contributed by atoms with Crippen molar-refractivity contribution >= 4 is 11.7 Å². The topological polar surface area (TPSA) is 89.5 Å². The van der Waals surface area contributed by atoms with Gasteiger partial charge >= 0.3 is 0 Å². The van der Waals surface area contributed by atoms with Crippen LogP contribution in [0.3, 0.4) is 0 Å². The van der Waals surface area contributed by atoms with Gasteiger partial charge in [0.15, 0.2) is 0 Å². The molecule has 0 saturated carbocycles. The number of methoxy groups -OCH3 is 1. The van der Waals surface area contributed by atoms with Crippen LogP contribution in [0, 0.1) is 0 Å². The summed E-state index contributed by atoms with van der Waals surface area (Å²) in [7, 11) is 1.65. The maximum absolute atomic E-state index is 11.2. The lowest BCUT2D eigenvalue weighted by Gasteiger charge is -2.19. The monoisotopic (exact) mass is 357 g/mol. The highest BCUT2D eigenvalue weighted by molar-refractivity contribution is 5.72. The van der Waals surface area contributed by atoms with Crippen molar-refractivity contribution < 1.29 is 14.3 Å². The van der Waals surface area contributed by atoms with Crippen LogP contribution in [0.5, 0.6) is 5.75 Å². The van der Waals surface area contributed by atoms with Crippen LogP contribution >= 0.6 is 0 Å². The molecule has 26 heavy (non-hydrogen) atoms. The third kappa shape index (κ3) is 4.66. The minimum atomic E-state index is -0.0737. The van der Waals surface area contributed by atoms with E-state index in [2.05, 4.69) is 25.2 Å². The van der Waals surface area contributed by atoms with Gasteiger partial charge in [0, 0.05) is 51.4 Å². The van der Waals surface area contributed by atoms with E-state index in [9.17, 15) is 4.79 Å². The third-order valence-electron chi connectivity index (χ3n) is 4.16. The highest BCUT2D eigenvalue weighted by Crippen LogP contribution is 2.24. The molecule has 0 spiro atoms. The van der Waals surface area contributed by atoms with Gasteiger partial charge in [-0.2, -0.15) is 0 Å². The molecule has 2 aromatic heterocycles. The van der Waals surface area contributed by atoms with E-state index < -0.39 is 0 Å². The molecule has 0 bridgehead atoms. The summed E-state index contributed by atoms with van der Waals surface area (Å²) < 4.78 is 11.3. The number of anilines is 1. The van der Waals surface area contributed by atoms with Gasteiger partial charge in [-0.05, 0) is 6.07 Å². The van der Waals surface area contributed by atoms with Crippen molar-refractivity contribution in [3.63, 3.8) is 0 Å². The number of nitrogens with one attached hydrogen (secondary N) is 1. The van der Waals surface area contributed by atoms with Gasteiger partial charge in [-0.1, -0.05) is 0 Å². The molecule has 3 rings (SSSR count). The predicted molar refractivity (Wildman–Crippen MR) is 95.7 cm³/mol. The molecule has 138 valence electrons. The number of carbonyl (C=O) groups is 1. The van der Waals surface area contributed by atoms with Crippen molar-refractivity contribution in [2.75, 3.05) is 25.1 Å². The van der Waals surface area contributed by atoms with Crippen molar-refractivity contribution in [3.05, 3.63) is 42.1 Å². The molecule has 0 radical (unpaired) electrons. The second kappa shape index (κ2) is 8.57. The lowest BCUT2D eigenvalue weighted by Crippen LogP contribution is -2.26. The number of hydrogen-bond donors (Lipinski definition) is 1. The Labute approximate surface area is 152 Å². The molecule has 8 nitrogen and oxygen atoms in total. The first-order chi connectivity index (χ1) is 12.7. The molecule has 1 N–H and O–H groups in total. The first kappa shape index (κ1) is 18.1. The Morgan fingerprint density at radius 2 is 2.31 bits per heavy atom. The van der Waals surface area contributed by atoms with E-state index in [1.165, 1.54) is 6.92 Å². The van der Waals surface area contributed by atoms with Gasteiger partial charge in [-0.15, -0.1) is 0 Å². The second-order valence-electron chi connectivity index (χ2n) is 6.17. The molecule has 1 amide bonds. The molecule has 1 aliphatic heterocycles. The molecule has 0 aromatic carbocycles. The lowest BCUT2D eigenvalue weighted by molar-refractivity contribution is -0.119. The minimum absolute atomic E-state index is 0.0381. The zero-order chi connectivity index (χ0) is 18.4. The Morgan fingerprint density at radius 3 is 3.12 bits per heavy atom. The summed E-state index contributed by atoms with van der Waals surface area (Å²) in [6.45, 7) is 3.98. The molecule has 2 aromatic rings. The molecule has 0 unspecified atom stereocenters. The molecule has 1 saturated heterocycles. The normalized spacial score (nSPS) is 16.5. The van der Waals surface area contributed by atoms with Crippen LogP contribution in [0.15, 0.2) is 30.9 Å². The van der Waals surface area contributed by atoms with Crippen LogP contribution in [0.25, 0.3) is 0 Å². The van der Waals surface area contributed by atoms with Crippen molar-refractivity contribution in [1.29, 1.82) is 0 Å². The summed E-state index contributed by atoms with van der Waals surface area (Å²) in [5.41, 5.74) is 1.77. The number of pyridine rings is 1. The van der Waals surface area contributed by atoms with E-state index in [4.69, 9.17) is 9.47 Å². The summed E-state index contributed by atoms with van der Waals surface area (Å²) in [6, 6.07) is 3.80. The molecule has 0 aliphatic carbocycles. The van der Waals surface area contributed by atoms with Gasteiger partial charge in [0.1, 0.15) is 24.0 Å². The average molecular weight is 357 g/mol.